The molecule has 1 aromatic heterocycles. The second-order valence-electron chi connectivity index (χ2n) is 1.44. The summed E-state index contributed by atoms with van der Waals surface area (Å²) in [7, 11) is 0. The average molecular weight is 223 g/mol. The van der Waals surface area contributed by atoms with Crippen molar-refractivity contribution in [3.8, 4) is 0 Å². The number of nitrogens with one attached hydrogen (secondary N) is 1. The molecule has 0 fully saturated rings. The molecule has 0 amide bonds. The standard InChI is InChI=1S/C5H6INO/c6-7-3-5-1-2-8-4-5/h1-2,4,7H,3H2. The number of furan rings is 1. The van der Waals surface area contributed by atoms with E-state index in [9.17, 15) is 0 Å². The Bertz CT molecular complexity index is 138. The van der Waals surface area contributed by atoms with Crippen molar-refractivity contribution in [2.45, 2.75) is 6.54 Å². The van der Waals surface area contributed by atoms with Gasteiger partial charge in [0.05, 0.1) is 12.5 Å². The highest BCUT2D eigenvalue weighted by atomic mass is 127. The molecule has 0 saturated carbocycles. The van der Waals surface area contributed by atoms with Crippen LogP contribution in [0.5, 0.6) is 0 Å². The molecule has 0 aliphatic heterocycles. The van der Waals surface area contributed by atoms with Crippen LogP contribution in [0.3, 0.4) is 0 Å². The van der Waals surface area contributed by atoms with Gasteiger partial charge >= 0.3 is 0 Å². The van der Waals surface area contributed by atoms with Crippen molar-refractivity contribution in [1.29, 1.82) is 0 Å². The first-order valence-electron chi connectivity index (χ1n) is 2.28. The molecule has 0 unspecified atom stereocenters. The molecule has 0 atom stereocenters. The molecule has 0 aliphatic carbocycles. The Morgan fingerprint density at radius 3 is 3.12 bits per heavy atom. The summed E-state index contributed by atoms with van der Waals surface area (Å²) in [5.74, 6) is 0. The predicted molar refractivity (Wildman–Crippen MR) is 39.6 cm³/mol. The molecular formula is C5H6INO. The normalized spacial score (nSPS) is 9.62. The van der Waals surface area contributed by atoms with E-state index in [1.54, 1.807) is 12.5 Å². The van der Waals surface area contributed by atoms with Crippen LogP contribution < -0.4 is 3.53 Å². The largest absolute Gasteiger partial charge is 0.472 e. The monoisotopic (exact) mass is 223 g/mol. The summed E-state index contributed by atoms with van der Waals surface area (Å²) in [6.07, 6.45) is 3.40. The summed E-state index contributed by atoms with van der Waals surface area (Å²) in [6.45, 7) is 0.872. The van der Waals surface area contributed by atoms with Crippen LogP contribution in [-0.4, -0.2) is 0 Å². The molecule has 44 valence electrons. The van der Waals surface area contributed by atoms with Gasteiger partial charge in [-0.15, -0.1) is 0 Å². The summed E-state index contributed by atoms with van der Waals surface area (Å²) < 4.78 is 7.80. The summed E-state index contributed by atoms with van der Waals surface area (Å²) in [4.78, 5) is 0. The van der Waals surface area contributed by atoms with Crippen LogP contribution in [-0.2, 0) is 6.54 Å². The minimum Gasteiger partial charge on any atom is -0.472 e. The Morgan fingerprint density at radius 2 is 2.62 bits per heavy atom. The molecule has 0 spiro atoms. The Balaban J connectivity index is 2.50. The maximum atomic E-state index is 4.82. The van der Waals surface area contributed by atoms with E-state index < -0.39 is 0 Å². The lowest BCUT2D eigenvalue weighted by Gasteiger charge is -1.86. The fourth-order valence-corrected chi connectivity index (χ4v) is 0.911. The summed E-state index contributed by atoms with van der Waals surface area (Å²) in [6, 6.07) is 1.94. The molecule has 3 heteroatoms. The fourth-order valence-electron chi connectivity index (χ4n) is 0.470. The van der Waals surface area contributed by atoms with Gasteiger partial charge in [0.1, 0.15) is 0 Å². The molecule has 2 nitrogen and oxygen atoms in total. The van der Waals surface area contributed by atoms with Crippen molar-refractivity contribution in [3.63, 3.8) is 0 Å². The molecule has 0 saturated heterocycles. The Labute approximate surface area is 61.8 Å². The van der Waals surface area contributed by atoms with Crippen LogP contribution in [0.1, 0.15) is 5.56 Å². The van der Waals surface area contributed by atoms with Gasteiger partial charge in [0.2, 0.25) is 0 Å². The van der Waals surface area contributed by atoms with Crippen LogP contribution in [0.15, 0.2) is 23.0 Å². The second kappa shape index (κ2) is 3.09. The highest BCUT2D eigenvalue weighted by Crippen LogP contribution is 1.98. The van der Waals surface area contributed by atoms with Gasteiger partial charge in [-0.1, -0.05) is 0 Å². The van der Waals surface area contributed by atoms with E-state index in [1.165, 1.54) is 5.56 Å². The average Bonchev–Trinajstić information content (AvgIpc) is 2.19. The van der Waals surface area contributed by atoms with Crippen molar-refractivity contribution in [2.75, 3.05) is 0 Å². The van der Waals surface area contributed by atoms with Crippen LogP contribution in [0.25, 0.3) is 0 Å². The van der Waals surface area contributed by atoms with Gasteiger partial charge in [-0.05, 0) is 6.07 Å². The lowest BCUT2D eigenvalue weighted by molar-refractivity contribution is 0.564. The maximum absolute atomic E-state index is 4.82. The first-order chi connectivity index (χ1) is 3.93. The first-order valence-corrected chi connectivity index (χ1v) is 3.36. The first kappa shape index (κ1) is 6.10. The summed E-state index contributed by atoms with van der Waals surface area (Å²) in [5.41, 5.74) is 1.18. The molecule has 1 heterocycles. The third-order valence-corrected chi connectivity index (χ3v) is 1.23. The Kier molecular flexibility index (Phi) is 2.35. The van der Waals surface area contributed by atoms with Gasteiger partial charge in [0.15, 0.2) is 0 Å². The zero-order valence-corrected chi connectivity index (χ0v) is 6.38. The van der Waals surface area contributed by atoms with Crippen molar-refractivity contribution in [2.24, 2.45) is 0 Å². The molecule has 1 aromatic rings. The van der Waals surface area contributed by atoms with Crippen LogP contribution in [0.4, 0.5) is 0 Å². The van der Waals surface area contributed by atoms with E-state index in [-0.39, 0.29) is 0 Å². The van der Waals surface area contributed by atoms with E-state index in [1.807, 2.05) is 6.07 Å². The maximum Gasteiger partial charge on any atom is 0.0947 e. The second-order valence-corrected chi connectivity index (χ2v) is 2.20. The molecule has 8 heavy (non-hydrogen) atoms. The Morgan fingerprint density at radius 1 is 1.75 bits per heavy atom. The van der Waals surface area contributed by atoms with Gasteiger partial charge in [-0.2, -0.15) is 0 Å². The molecule has 1 N–H and O–H groups in total. The van der Waals surface area contributed by atoms with Gasteiger partial charge in [0, 0.05) is 35.0 Å². The van der Waals surface area contributed by atoms with E-state index >= 15 is 0 Å². The Hall–Kier alpha value is -0.0300. The lowest BCUT2D eigenvalue weighted by atomic mass is 10.4. The fraction of sp³-hybridized carbons (Fsp3) is 0.200. The minimum absolute atomic E-state index is 0.872. The quantitative estimate of drug-likeness (QED) is 0.609. The van der Waals surface area contributed by atoms with Gasteiger partial charge < -0.3 is 4.42 Å². The zero-order chi connectivity index (χ0) is 5.82. The van der Waals surface area contributed by atoms with Crippen molar-refractivity contribution < 1.29 is 4.42 Å². The molecule has 0 aromatic carbocycles. The smallest absolute Gasteiger partial charge is 0.0947 e. The summed E-state index contributed by atoms with van der Waals surface area (Å²) >= 11 is 2.10. The molecule has 0 bridgehead atoms. The highest BCUT2D eigenvalue weighted by molar-refractivity contribution is 14.1. The third-order valence-electron chi connectivity index (χ3n) is 0.851. The van der Waals surface area contributed by atoms with Crippen LogP contribution >= 0.6 is 22.9 Å². The molecular weight excluding hydrogens is 217 g/mol. The number of halogens is 1. The van der Waals surface area contributed by atoms with E-state index in [4.69, 9.17) is 4.42 Å². The highest BCUT2D eigenvalue weighted by Gasteiger charge is 1.87. The third kappa shape index (κ3) is 1.48. The van der Waals surface area contributed by atoms with Crippen LogP contribution in [0.2, 0.25) is 0 Å². The number of hydrogen-bond acceptors (Lipinski definition) is 2. The van der Waals surface area contributed by atoms with Gasteiger partial charge in [-0.25, -0.2) is 0 Å². The van der Waals surface area contributed by atoms with Crippen molar-refractivity contribution in [3.05, 3.63) is 24.2 Å². The van der Waals surface area contributed by atoms with Gasteiger partial charge in [-0.3, -0.25) is 3.53 Å². The van der Waals surface area contributed by atoms with E-state index in [0.717, 1.165) is 6.54 Å². The zero-order valence-electron chi connectivity index (χ0n) is 4.23. The van der Waals surface area contributed by atoms with Crippen LogP contribution in [0, 0.1) is 0 Å². The number of hydrogen-bond donors (Lipinski definition) is 1. The van der Waals surface area contributed by atoms with Crippen molar-refractivity contribution >= 4 is 22.9 Å². The van der Waals surface area contributed by atoms with Gasteiger partial charge in [0.25, 0.3) is 0 Å². The number of rotatable bonds is 2. The van der Waals surface area contributed by atoms with Crippen molar-refractivity contribution in [1.82, 2.24) is 3.53 Å². The minimum atomic E-state index is 0.872. The summed E-state index contributed by atoms with van der Waals surface area (Å²) in [5, 5.41) is 0. The predicted octanol–water partition coefficient (Wildman–Crippen LogP) is 1.72. The topological polar surface area (TPSA) is 25.2 Å². The van der Waals surface area contributed by atoms with E-state index in [2.05, 4.69) is 26.4 Å². The molecule has 0 aliphatic rings. The van der Waals surface area contributed by atoms with E-state index in [0.29, 0.717) is 0 Å². The SMILES string of the molecule is INCc1ccoc1. The molecule has 1 rings (SSSR count). The lowest BCUT2D eigenvalue weighted by Crippen LogP contribution is -1.94. The molecule has 0 radical (unpaired) electrons.